The SMILES string of the molecule is O=C(O)CCC(CP(=O)(O)C(Nc1ccccc1O)c1ccccc1)C(=O)O. The van der Waals surface area contributed by atoms with Crippen LogP contribution in [0.2, 0.25) is 0 Å². The largest absolute Gasteiger partial charge is 0.506 e. The Labute approximate surface area is 161 Å². The van der Waals surface area contributed by atoms with Crippen molar-refractivity contribution >= 4 is 25.0 Å². The lowest BCUT2D eigenvalue weighted by Crippen LogP contribution is -2.23. The molecule has 0 saturated heterocycles. The molecule has 0 aromatic heterocycles. The number of phenolic OH excluding ortho intramolecular Hbond substituents is 1. The maximum absolute atomic E-state index is 13.2. The lowest BCUT2D eigenvalue weighted by Gasteiger charge is -2.27. The van der Waals surface area contributed by atoms with E-state index in [0.717, 1.165) is 0 Å². The van der Waals surface area contributed by atoms with Crippen LogP contribution in [0.25, 0.3) is 0 Å². The van der Waals surface area contributed by atoms with E-state index in [1.54, 1.807) is 42.5 Å². The minimum absolute atomic E-state index is 0.121. The van der Waals surface area contributed by atoms with Crippen molar-refractivity contribution in [3.05, 3.63) is 60.2 Å². The zero-order chi connectivity index (χ0) is 20.7. The molecule has 9 heteroatoms. The molecule has 0 heterocycles. The maximum Gasteiger partial charge on any atom is 0.307 e. The predicted octanol–water partition coefficient (Wildman–Crippen LogP) is 3.34. The molecule has 5 N–H and O–H groups in total. The summed E-state index contributed by atoms with van der Waals surface area (Å²) in [7, 11) is -4.18. The van der Waals surface area contributed by atoms with E-state index in [4.69, 9.17) is 5.11 Å². The molecule has 0 amide bonds. The Kier molecular flexibility index (Phi) is 7.20. The molecule has 2 rings (SSSR count). The van der Waals surface area contributed by atoms with E-state index in [2.05, 4.69) is 5.32 Å². The van der Waals surface area contributed by atoms with Gasteiger partial charge in [-0.3, -0.25) is 14.2 Å². The monoisotopic (exact) mass is 407 g/mol. The Hall–Kier alpha value is -2.83. The topological polar surface area (TPSA) is 144 Å². The first-order valence-electron chi connectivity index (χ1n) is 8.56. The van der Waals surface area contributed by atoms with Crippen LogP contribution < -0.4 is 5.32 Å². The zero-order valence-electron chi connectivity index (χ0n) is 14.9. The second kappa shape index (κ2) is 9.39. The van der Waals surface area contributed by atoms with Gasteiger partial charge in [-0.2, -0.15) is 0 Å². The highest BCUT2D eigenvalue weighted by atomic mass is 31.2. The van der Waals surface area contributed by atoms with Crippen LogP contribution in [0, 0.1) is 5.92 Å². The molecular formula is C19H22NO7P. The summed E-state index contributed by atoms with van der Waals surface area (Å²) in [5.74, 6) is -5.09. The zero-order valence-corrected chi connectivity index (χ0v) is 15.8. The summed E-state index contributed by atoms with van der Waals surface area (Å²) in [6.07, 6.45) is -1.27. The van der Waals surface area contributed by atoms with Crippen molar-refractivity contribution in [3.63, 3.8) is 0 Å². The van der Waals surface area contributed by atoms with Gasteiger partial charge >= 0.3 is 11.9 Å². The fourth-order valence-electron chi connectivity index (χ4n) is 2.81. The van der Waals surface area contributed by atoms with Crippen LogP contribution in [0.15, 0.2) is 54.6 Å². The van der Waals surface area contributed by atoms with Gasteiger partial charge in [0, 0.05) is 12.6 Å². The van der Waals surface area contributed by atoms with Gasteiger partial charge in [-0.15, -0.1) is 0 Å². The van der Waals surface area contributed by atoms with E-state index in [9.17, 15) is 29.3 Å². The van der Waals surface area contributed by atoms with E-state index in [1.165, 1.54) is 12.1 Å². The van der Waals surface area contributed by atoms with Gasteiger partial charge in [0.15, 0.2) is 0 Å². The van der Waals surface area contributed by atoms with Crippen molar-refractivity contribution in [2.75, 3.05) is 11.5 Å². The summed E-state index contributed by atoms with van der Waals surface area (Å²) < 4.78 is 13.2. The summed E-state index contributed by atoms with van der Waals surface area (Å²) >= 11 is 0. The molecule has 3 unspecified atom stereocenters. The lowest BCUT2D eigenvalue weighted by molar-refractivity contribution is -0.142. The number of hydrogen-bond acceptors (Lipinski definition) is 5. The highest BCUT2D eigenvalue weighted by molar-refractivity contribution is 7.58. The maximum atomic E-state index is 13.2. The minimum atomic E-state index is -4.18. The Morgan fingerprint density at radius 2 is 1.61 bits per heavy atom. The smallest absolute Gasteiger partial charge is 0.307 e. The molecule has 2 aromatic rings. The molecule has 28 heavy (non-hydrogen) atoms. The molecule has 0 spiro atoms. The second-order valence-corrected chi connectivity index (χ2v) is 8.77. The second-order valence-electron chi connectivity index (χ2n) is 6.38. The van der Waals surface area contributed by atoms with Gasteiger partial charge in [0.05, 0.1) is 11.6 Å². The molecule has 3 atom stereocenters. The Morgan fingerprint density at radius 3 is 2.18 bits per heavy atom. The average molecular weight is 407 g/mol. The number of benzene rings is 2. The van der Waals surface area contributed by atoms with Crippen LogP contribution in [0.1, 0.15) is 24.2 Å². The summed E-state index contributed by atoms with van der Waals surface area (Å²) in [5.41, 5.74) is 0.669. The predicted molar refractivity (Wildman–Crippen MR) is 104 cm³/mol. The summed E-state index contributed by atoms with van der Waals surface area (Å²) in [6.45, 7) is 0. The first-order valence-corrected chi connectivity index (χ1v) is 10.5. The Balaban J connectivity index is 2.34. The van der Waals surface area contributed by atoms with Gasteiger partial charge in [0.25, 0.3) is 0 Å². The molecular weight excluding hydrogens is 385 g/mol. The van der Waals surface area contributed by atoms with Crippen LogP contribution in [0.5, 0.6) is 5.75 Å². The van der Waals surface area contributed by atoms with E-state index in [-0.39, 0.29) is 17.9 Å². The number of aliphatic carboxylic acids is 2. The molecule has 0 aliphatic heterocycles. The van der Waals surface area contributed by atoms with Gasteiger partial charge in [-0.05, 0) is 24.1 Å². The number of hydrogen-bond donors (Lipinski definition) is 5. The Morgan fingerprint density at radius 1 is 1.00 bits per heavy atom. The molecule has 0 bridgehead atoms. The van der Waals surface area contributed by atoms with Crippen molar-refractivity contribution in [1.29, 1.82) is 0 Å². The van der Waals surface area contributed by atoms with Gasteiger partial charge in [-0.1, -0.05) is 42.5 Å². The third-order valence-electron chi connectivity index (χ3n) is 4.25. The fraction of sp³-hybridized carbons (Fsp3) is 0.263. The number of phenols is 1. The number of carbonyl (C=O) groups is 2. The third-order valence-corrected chi connectivity index (χ3v) is 6.45. The highest BCUT2D eigenvalue weighted by Gasteiger charge is 2.37. The van der Waals surface area contributed by atoms with Gasteiger partial charge < -0.3 is 25.5 Å². The van der Waals surface area contributed by atoms with Gasteiger partial charge in [0.2, 0.25) is 7.37 Å². The number of anilines is 1. The number of nitrogens with one attached hydrogen (secondary N) is 1. The van der Waals surface area contributed by atoms with Crippen LogP contribution in [0.4, 0.5) is 5.69 Å². The van der Waals surface area contributed by atoms with Gasteiger partial charge in [0.1, 0.15) is 11.5 Å². The molecule has 8 nitrogen and oxygen atoms in total. The molecule has 150 valence electrons. The third kappa shape index (κ3) is 5.84. The van der Waals surface area contributed by atoms with Crippen LogP contribution in [-0.2, 0) is 14.2 Å². The molecule has 0 saturated carbocycles. The van der Waals surface area contributed by atoms with Crippen LogP contribution in [-0.4, -0.2) is 38.3 Å². The summed E-state index contributed by atoms with van der Waals surface area (Å²) in [5, 5.41) is 31.0. The average Bonchev–Trinajstić information content (AvgIpc) is 2.64. The quantitative estimate of drug-likeness (QED) is 0.298. The number of aromatic hydroxyl groups is 1. The van der Waals surface area contributed by atoms with Crippen molar-refractivity contribution in [2.24, 2.45) is 5.92 Å². The molecule has 0 fully saturated rings. The number of carboxylic acids is 2. The van der Waals surface area contributed by atoms with E-state index < -0.39 is 43.6 Å². The lowest BCUT2D eigenvalue weighted by atomic mass is 10.1. The number of para-hydroxylation sites is 2. The molecule has 0 aliphatic rings. The van der Waals surface area contributed by atoms with E-state index >= 15 is 0 Å². The molecule has 0 aliphatic carbocycles. The fourth-order valence-corrected chi connectivity index (χ4v) is 4.97. The molecule has 2 aromatic carbocycles. The van der Waals surface area contributed by atoms with Crippen LogP contribution in [0.3, 0.4) is 0 Å². The highest BCUT2D eigenvalue weighted by Crippen LogP contribution is 2.57. The van der Waals surface area contributed by atoms with E-state index in [0.29, 0.717) is 5.56 Å². The van der Waals surface area contributed by atoms with E-state index in [1.807, 2.05) is 0 Å². The van der Waals surface area contributed by atoms with Crippen molar-refractivity contribution in [1.82, 2.24) is 0 Å². The minimum Gasteiger partial charge on any atom is -0.506 e. The normalized spacial score (nSPS) is 15.2. The molecule has 0 radical (unpaired) electrons. The van der Waals surface area contributed by atoms with Crippen LogP contribution >= 0.6 is 7.37 Å². The van der Waals surface area contributed by atoms with Crippen molar-refractivity contribution in [3.8, 4) is 5.75 Å². The van der Waals surface area contributed by atoms with Gasteiger partial charge in [-0.25, -0.2) is 0 Å². The van der Waals surface area contributed by atoms with Crippen molar-refractivity contribution < 1.29 is 34.4 Å². The number of carboxylic acid groups (broad SMARTS) is 2. The Bertz CT molecular complexity index is 872. The summed E-state index contributed by atoms with van der Waals surface area (Å²) in [4.78, 5) is 33.0. The first kappa shape index (κ1) is 21.5. The summed E-state index contributed by atoms with van der Waals surface area (Å²) in [6, 6.07) is 14.5. The number of rotatable bonds is 10. The van der Waals surface area contributed by atoms with Crippen molar-refractivity contribution in [2.45, 2.75) is 18.6 Å². The first-order chi connectivity index (χ1) is 13.2. The standard InChI is InChI=1S/C19H22NO7P/c21-16-9-5-4-8-15(16)20-18(13-6-2-1-3-7-13)28(26,27)12-14(19(24)25)10-11-17(22)23/h1-9,14,18,20-21H,10-12H2,(H,22,23)(H,24,25)(H,26,27).